The Morgan fingerprint density at radius 3 is 2.32 bits per heavy atom. The van der Waals surface area contributed by atoms with Crippen LogP contribution in [0.2, 0.25) is 0 Å². The number of aliphatic hydroxyl groups is 4. The first kappa shape index (κ1) is 17.5. The smallest absolute Gasteiger partial charge is 0.156 e. The van der Waals surface area contributed by atoms with Crippen LogP contribution in [0.5, 0.6) is 0 Å². The second kappa shape index (κ2) is 7.46. The summed E-state index contributed by atoms with van der Waals surface area (Å²) in [6.45, 7) is -0.474. The minimum Gasteiger partial charge on any atom is -0.394 e. The molecule has 7 nitrogen and oxygen atoms in total. The minimum atomic E-state index is -3.06. The van der Waals surface area contributed by atoms with E-state index in [-0.39, 0.29) is 5.08 Å². The largest absolute Gasteiger partial charge is 0.394 e. The highest BCUT2D eigenvalue weighted by Gasteiger charge is 2.43. The zero-order valence-electron chi connectivity index (χ0n) is 10.2. The molecule has 0 radical (unpaired) electrons. The summed E-state index contributed by atoms with van der Waals surface area (Å²) < 4.78 is 27.1. The molecule has 1 aliphatic rings. The van der Waals surface area contributed by atoms with Gasteiger partial charge in [0.2, 0.25) is 0 Å². The van der Waals surface area contributed by atoms with Crippen molar-refractivity contribution in [1.82, 2.24) is 0 Å². The summed E-state index contributed by atoms with van der Waals surface area (Å²) in [6.07, 6.45) is -3.88. The lowest BCUT2D eigenvalue weighted by molar-refractivity contribution is -0.205. The van der Waals surface area contributed by atoms with E-state index in [2.05, 4.69) is 0 Å². The van der Waals surface area contributed by atoms with Gasteiger partial charge in [0.25, 0.3) is 0 Å². The van der Waals surface area contributed by atoms with Gasteiger partial charge < -0.3 is 25.2 Å². The van der Waals surface area contributed by atoms with Crippen molar-refractivity contribution in [2.24, 2.45) is 0 Å². The lowest BCUT2D eigenvalue weighted by Crippen LogP contribution is -2.57. The molecule has 1 rings (SSSR count). The fourth-order valence-corrected chi connectivity index (χ4v) is 5.10. The number of ether oxygens (including phenoxy) is 1. The summed E-state index contributed by atoms with van der Waals surface area (Å²) in [6, 6.07) is 0. The molecule has 0 aromatic heterocycles. The third kappa shape index (κ3) is 5.38. The van der Waals surface area contributed by atoms with Crippen LogP contribution in [0, 0.1) is 0 Å². The maximum absolute atomic E-state index is 10.9. The Morgan fingerprint density at radius 1 is 1.16 bits per heavy atom. The van der Waals surface area contributed by atoms with Gasteiger partial charge in [0, 0.05) is 11.3 Å². The average Bonchev–Trinajstić information content (AvgIpc) is 2.33. The highest BCUT2D eigenvalue weighted by molar-refractivity contribution is 8.21. The van der Waals surface area contributed by atoms with Crippen molar-refractivity contribution >= 4 is 33.4 Å². The Labute approximate surface area is 120 Å². The van der Waals surface area contributed by atoms with Gasteiger partial charge in [-0.15, -0.1) is 23.5 Å². The van der Waals surface area contributed by atoms with E-state index in [4.69, 9.17) is 9.84 Å². The molecule has 1 fully saturated rings. The summed E-state index contributed by atoms with van der Waals surface area (Å²) >= 11 is 2.26. The zero-order chi connectivity index (χ0) is 14.6. The Hall–Kier alpha value is 0.450. The molecule has 0 spiro atoms. The summed E-state index contributed by atoms with van der Waals surface area (Å²) in [5, 5.41) is 38.1. The first-order valence-electron chi connectivity index (χ1n) is 5.44. The second-order valence-corrected chi connectivity index (χ2v) is 9.17. The molecule has 0 saturated carbocycles. The number of thioether (sulfide) groups is 2. The molecule has 1 aliphatic heterocycles. The third-order valence-corrected chi connectivity index (χ3v) is 6.77. The van der Waals surface area contributed by atoms with Crippen LogP contribution >= 0.6 is 23.5 Å². The Balaban J connectivity index is 2.44. The van der Waals surface area contributed by atoms with Crippen molar-refractivity contribution in [3.8, 4) is 0 Å². The van der Waals surface area contributed by atoms with Crippen LogP contribution in [0.1, 0.15) is 0 Å². The molecular formula is C9H18O7S3. The van der Waals surface area contributed by atoms with Crippen LogP contribution in [-0.2, 0) is 14.6 Å². The normalized spacial score (nSPS) is 36.4. The molecule has 0 aromatic carbocycles. The van der Waals surface area contributed by atoms with Gasteiger partial charge in [-0.25, -0.2) is 8.42 Å². The van der Waals surface area contributed by atoms with Crippen molar-refractivity contribution in [2.45, 2.75) is 29.9 Å². The third-order valence-electron chi connectivity index (χ3n) is 2.46. The molecule has 10 heteroatoms. The molecule has 5 atom stereocenters. The lowest BCUT2D eigenvalue weighted by atomic mass is 10.0. The first-order chi connectivity index (χ1) is 8.76. The zero-order valence-corrected chi connectivity index (χ0v) is 12.7. The highest BCUT2D eigenvalue weighted by Crippen LogP contribution is 2.30. The predicted octanol–water partition coefficient (Wildman–Crippen LogP) is -1.79. The summed E-state index contributed by atoms with van der Waals surface area (Å²) in [5.74, 6) is 0. The van der Waals surface area contributed by atoms with Crippen molar-refractivity contribution in [3.63, 3.8) is 0 Å². The van der Waals surface area contributed by atoms with E-state index in [1.54, 1.807) is 0 Å². The van der Waals surface area contributed by atoms with Crippen LogP contribution in [0.15, 0.2) is 0 Å². The molecule has 0 unspecified atom stereocenters. The number of hydrogen-bond donors (Lipinski definition) is 4. The fourth-order valence-electron chi connectivity index (χ4n) is 1.51. The fraction of sp³-hybridized carbons (Fsp3) is 1.00. The SMILES string of the molecule is CS(=O)(=O)CSCS[C@@H]1O[C@H](CO)[C@@H](O)[C@H](O)[C@H]1O. The molecular weight excluding hydrogens is 316 g/mol. The molecule has 4 N–H and O–H groups in total. The maximum atomic E-state index is 10.9. The van der Waals surface area contributed by atoms with Gasteiger partial charge >= 0.3 is 0 Å². The van der Waals surface area contributed by atoms with Crippen molar-refractivity contribution < 1.29 is 33.6 Å². The quantitative estimate of drug-likeness (QED) is 0.329. The monoisotopic (exact) mass is 334 g/mol. The molecule has 0 aromatic rings. The standard InChI is InChI=1S/C9H18O7S3/c1-19(14,15)4-17-3-18-9-8(13)7(12)6(11)5(2-10)16-9/h5-13H,2-4H2,1H3/t5-,6-,7+,8-,9+/m1/s1. The predicted molar refractivity (Wildman–Crippen MR) is 73.5 cm³/mol. The van der Waals surface area contributed by atoms with Crippen molar-refractivity contribution in [1.29, 1.82) is 0 Å². The number of sulfone groups is 1. The number of hydrogen-bond acceptors (Lipinski definition) is 9. The van der Waals surface area contributed by atoms with Gasteiger partial charge in [-0.05, 0) is 0 Å². The average molecular weight is 334 g/mol. The first-order valence-corrected chi connectivity index (χ1v) is 9.70. The van der Waals surface area contributed by atoms with Gasteiger partial charge in [-0.3, -0.25) is 0 Å². The van der Waals surface area contributed by atoms with Crippen LogP contribution in [0.4, 0.5) is 0 Å². The second-order valence-electron chi connectivity index (χ2n) is 4.23. The molecule has 0 bridgehead atoms. The number of rotatable bonds is 6. The topological polar surface area (TPSA) is 124 Å². The Morgan fingerprint density at radius 2 is 1.79 bits per heavy atom. The molecule has 0 amide bonds. The summed E-state index contributed by atoms with van der Waals surface area (Å²) in [5.41, 5.74) is -0.817. The highest BCUT2D eigenvalue weighted by atomic mass is 32.3. The lowest BCUT2D eigenvalue weighted by Gasteiger charge is -2.39. The van der Waals surface area contributed by atoms with Gasteiger partial charge in [-0.2, -0.15) is 0 Å². The molecule has 114 valence electrons. The summed E-state index contributed by atoms with van der Waals surface area (Å²) in [4.78, 5) is 0. The van der Waals surface area contributed by atoms with Crippen LogP contribution in [0.25, 0.3) is 0 Å². The van der Waals surface area contributed by atoms with Crippen molar-refractivity contribution in [3.05, 3.63) is 0 Å². The number of aliphatic hydroxyl groups excluding tert-OH is 4. The van der Waals surface area contributed by atoms with E-state index < -0.39 is 46.3 Å². The molecule has 1 saturated heterocycles. The van der Waals surface area contributed by atoms with Gasteiger partial charge in [0.1, 0.15) is 29.9 Å². The Bertz CT molecular complexity index is 372. The van der Waals surface area contributed by atoms with Crippen molar-refractivity contribution in [2.75, 3.05) is 23.0 Å². The summed E-state index contributed by atoms with van der Waals surface area (Å²) in [7, 11) is -3.06. The molecule has 19 heavy (non-hydrogen) atoms. The van der Waals surface area contributed by atoms with E-state index in [0.717, 1.165) is 29.8 Å². The van der Waals surface area contributed by atoms with E-state index in [0.29, 0.717) is 5.08 Å². The van der Waals surface area contributed by atoms with E-state index >= 15 is 0 Å². The van der Waals surface area contributed by atoms with Crippen LogP contribution < -0.4 is 0 Å². The molecule has 1 heterocycles. The van der Waals surface area contributed by atoms with E-state index in [1.807, 2.05) is 0 Å². The Kier molecular flexibility index (Phi) is 6.87. The van der Waals surface area contributed by atoms with Crippen LogP contribution in [0.3, 0.4) is 0 Å². The molecule has 0 aliphatic carbocycles. The van der Waals surface area contributed by atoms with E-state index in [9.17, 15) is 23.7 Å². The maximum Gasteiger partial charge on any atom is 0.156 e. The minimum absolute atomic E-state index is 0.0442. The van der Waals surface area contributed by atoms with Gasteiger partial charge in [-0.1, -0.05) is 0 Å². The van der Waals surface area contributed by atoms with Gasteiger partial charge in [0.15, 0.2) is 9.84 Å². The van der Waals surface area contributed by atoms with Crippen LogP contribution in [-0.4, -0.2) is 81.7 Å². The van der Waals surface area contributed by atoms with E-state index in [1.165, 1.54) is 0 Å². The van der Waals surface area contributed by atoms with Gasteiger partial charge in [0.05, 0.1) is 11.7 Å².